The number of hydrogen-bond donors (Lipinski definition) is 0. The molecule has 1 amide bonds. The molecule has 0 bridgehead atoms. The first-order valence-electron chi connectivity index (χ1n) is 8.15. The smallest absolute Gasteiger partial charge is 0.260 e. The Hall–Kier alpha value is -1.08. The predicted molar refractivity (Wildman–Crippen MR) is 105 cm³/mol. The van der Waals surface area contributed by atoms with Gasteiger partial charge in [0.1, 0.15) is 5.75 Å². The maximum atomic E-state index is 12.5. The average Bonchev–Trinajstić information content (AvgIpc) is 2.99. The first kappa shape index (κ1) is 18.7. The lowest BCUT2D eigenvalue weighted by atomic mass is 10.1. The Bertz CT molecular complexity index is 722. The van der Waals surface area contributed by atoms with E-state index in [-0.39, 0.29) is 18.6 Å². The van der Waals surface area contributed by atoms with Crippen LogP contribution < -0.4 is 4.74 Å². The molecule has 2 aromatic rings. The van der Waals surface area contributed by atoms with E-state index < -0.39 is 0 Å². The Labute approximate surface area is 165 Å². The summed E-state index contributed by atoms with van der Waals surface area (Å²) in [5.41, 5.74) is 1.31. The molecule has 0 saturated carbocycles. The summed E-state index contributed by atoms with van der Waals surface area (Å²) >= 11 is 11.1. The van der Waals surface area contributed by atoms with E-state index in [1.807, 2.05) is 4.90 Å². The van der Waals surface area contributed by atoms with Gasteiger partial charge in [-0.2, -0.15) is 0 Å². The summed E-state index contributed by atoms with van der Waals surface area (Å²) in [6.07, 6.45) is 0. The molecule has 0 aliphatic carbocycles. The molecule has 0 spiro atoms. The Morgan fingerprint density at radius 1 is 1.32 bits per heavy atom. The lowest BCUT2D eigenvalue weighted by Gasteiger charge is -2.39. The molecule has 1 aromatic carbocycles. The maximum absolute atomic E-state index is 12.5. The number of carbonyl (C=O) groups excluding carboxylic acids is 1. The van der Waals surface area contributed by atoms with Gasteiger partial charge in [-0.15, -0.1) is 11.3 Å². The molecule has 3 rings (SSSR count). The van der Waals surface area contributed by atoms with Gasteiger partial charge in [-0.25, -0.2) is 0 Å². The zero-order chi connectivity index (χ0) is 17.8. The molecular formula is C18H20BrClN2O2S. The van der Waals surface area contributed by atoms with Crippen molar-refractivity contribution in [3.63, 3.8) is 0 Å². The number of benzene rings is 1. The first-order valence-corrected chi connectivity index (χ1v) is 10.2. The summed E-state index contributed by atoms with van der Waals surface area (Å²) in [4.78, 5) is 16.8. The summed E-state index contributed by atoms with van der Waals surface area (Å²) in [6.45, 7) is 5.54. The molecular weight excluding hydrogens is 424 g/mol. The van der Waals surface area contributed by atoms with Gasteiger partial charge in [-0.05, 0) is 64.1 Å². The Kier molecular flexibility index (Phi) is 6.39. The van der Waals surface area contributed by atoms with Crippen molar-refractivity contribution in [3.8, 4) is 5.75 Å². The standard InChI is InChI=1S/C18H20BrClN2O2S/c1-13-10-21(11-14-6-9-25-18(14)19)7-8-22(13)17(23)12-24-16-4-2-15(20)3-5-16/h2-6,9,13H,7-8,10-12H2,1H3. The van der Waals surface area contributed by atoms with Crippen molar-refractivity contribution in [3.05, 3.63) is 50.1 Å². The van der Waals surface area contributed by atoms with Crippen molar-refractivity contribution in [1.82, 2.24) is 9.80 Å². The van der Waals surface area contributed by atoms with Gasteiger partial charge in [0.2, 0.25) is 0 Å². The number of halogens is 2. The molecule has 7 heteroatoms. The summed E-state index contributed by atoms with van der Waals surface area (Å²) in [5.74, 6) is 0.685. The van der Waals surface area contributed by atoms with Crippen molar-refractivity contribution in [2.24, 2.45) is 0 Å². The molecule has 1 fully saturated rings. The third-order valence-electron chi connectivity index (χ3n) is 4.30. The highest BCUT2D eigenvalue weighted by molar-refractivity contribution is 9.11. The van der Waals surface area contributed by atoms with Gasteiger partial charge < -0.3 is 9.64 Å². The van der Waals surface area contributed by atoms with Crippen LogP contribution in [-0.2, 0) is 11.3 Å². The predicted octanol–water partition coefficient (Wildman–Crippen LogP) is 4.28. The van der Waals surface area contributed by atoms with Crippen LogP contribution in [0.5, 0.6) is 5.75 Å². The SMILES string of the molecule is CC1CN(Cc2ccsc2Br)CCN1C(=O)COc1ccc(Cl)cc1. The molecule has 134 valence electrons. The summed E-state index contributed by atoms with van der Waals surface area (Å²) < 4.78 is 6.77. The first-order chi connectivity index (χ1) is 12.0. The second-order valence-corrected chi connectivity index (χ2v) is 8.80. The van der Waals surface area contributed by atoms with Gasteiger partial charge in [0.25, 0.3) is 5.91 Å². The molecule has 1 saturated heterocycles. The molecule has 2 heterocycles. The minimum absolute atomic E-state index is 0.0267. The number of thiophene rings is 1. The van der Waals surface area contributed by atoms with E-state index in [4.69, 9.17) is 16.3 Å². The highest BCUT2D eigenvalue weighted by atomic mass is 79.9. The summed E-state index contributed by atoms with van der Waals surface area (Å²) in [7, 11) is 0. The molecule has 4 nitrogen and oxygen atoms in total. The Morgan fingerprint density at radius 3 is 2.72 bits per heavy atom. The van der Waals surface area contributed by atoms with Crippen molar-refractivity contribution in [2.75, 3.05) is 26.2 Å². The Balaban J connectivity index is 1.49. The van der Waals surface area contributed by atoms with Crippen molar-refractivity contribution in [1.29, 1.82) is 0 Å². The fourth-order valence-corrected chi connectivity index (χ4v) is 4.32. The number of rotatable bonds is 5. The molecule has 1 aliphatic rings. The summed E-state index contributed by atoms with van der Waals surface area (Å²) in [5, 5.41) is 2.75. The molecule has 0 radical (unpaired) electrons. The van der Waals surface area contributed by atoms with Crippen molar-refractivity contribution >= 4 is 44.8 Å². The monoisotopic (exact) mass is 442 g/mol. The van der Waals surface area contributed by atoms with Crippen LogP contribution in [0.1, 0.15) is 12.5 Å². The minimum atomic E-state index is 0.0267. The van der Waals surface area contributed by atoms with Crippen LogP contribution in [0.15, 0.2) is 39.5 Å². The zero-order valence-electron chi connectivity index (χ0n) is 14.0. The minimum Gasteiger partial charge on any atom is -0.484 e. The van der Waals surface area contributed by atoms with E-state index in [9.17, 15) is 4.79 Å². The van der Waals surface area contributed by atoms with Crippen molar-refractivity contribution in [2.45, 2.75) is 19.5 Å². The van der Waals surface area contributed by atoms with E-state index in [1.165, 1.54) is 9.35 Å². The number of nitrogens with zero attached hydrogens (tertiary/aromatic N) is 2. The highest BCUT2D eigenvalue weighted by Crippen LogP contribution is 2.25. The lowest BCUT2D eigenvalue weighted by molar-refractivity contribution is -0.138. The number of ether oxygens (including phenoxy) is 1. The third-order valence-corrected chi connectivity index (χ3v) is 6.36. The average molecular weight is 444 g/mol. The Morgan fingerprint density at radius 2 is 2.08 bits per heavy atom. The van der Waals surface area contributed by atoms with Gasteiger partial charge in [0.05, 0.1) is 3.79 Å². The topological polar surface area (TPSA) is 32.8 Å². The molecule has 25 heavy (non-hydrogen) atoms. The van der Waals surface area contributed by atoms with Gasteiger partial charge in [-0.3, -0.25) is 9.69 Å². The molecule has 1 atom stereocenters. The van der Waals surface area contributed by atoms with Gasteiger partial charge in [0.15, 0.2) is 6.61 Å². The molecule has 1 aliphatic heterocycles. The van der Waals surface area contributed by atoms with Crippen molar-refractivity contribution < 1.29 is 9.53 Å². The maximum Gasteiger partial charge on any atom is 0.260 e. The third kappa shape index (κ3) is 4.97. The highest BCUT2D eigenvalue weighted by Gasteiger charge is 2.27. The van der Waals surface area contributed by atoms with Gasteiger partial charge >= 0.3 is 0 Å². The lowest BCUT2D eigenvalue weighted by Crippen LogP contribution is -2.54. The zero-order valence-corrected chi connectivity index (χ0v) is 17.1. The van der Waals surface area contributed by atoms with Gasteiger partial charge in [-0.1, -0.05) is 11.6 Å². The fourth-order valence-electron chi connectivity index (χ4n) is 2.98. The van der Waals surface area contributed by atoms with E-state index >= 15 is 0 Å². The van der Waals surface area contributed by atoms with E-state index in [0.717, 1.165) is 26.2 Å². The largest absolute Gasteiger partial charge is 0.484 e. The van der Waals surface area contributed by atoms with E-state index in [1.54, 1.807) is 35.6 Å². The van der Waals surface area contributed by atoms with Crippen LogP contribution >= 0.6 is 38.9 Å². The van der Waals surface area contributed by atoms with Crippen LogP contribution in [0.25, 0.3) is 0 Å². The normalized spacial score (nSPS) is 18.4. The quantitative estimate of drug-likeness (QED) is 0.691. The van der Waals surface area contributed by atoms with E-state index in [0.29, 0.717) is 10.8 Å². The number of carbonyl (C=O) groups is 1. The molecule has 1 unspecified atom stereocenters. The number of piperazine rings is 1. The number of hydrogen-bond acceptors (Lipinski definition) is 4. The molecule has 1 aromatic heterocycles. The number of amides is 1. The van der Waals surface area contributed by atoms with Crippen LogP contribution in [0.2, 0.25) is 5.02 Å². The van der Waals surface area contributed by atoms with Crippen LogP contribution in [0.3, 0.4) is 0 Å². The van der Waals surface area contributed by atoms with Gasteiger partial charge in [0, 0.05) is 37.2 Å². The molecule has 0 N–H and O–H groups in total. The van der Waals surface area contributed by atoms with E-state index in [2.05, 4.69) is 39.2 Å². The summed E-state index contributed by atoms with van der Waals surface area (Å²) in [6, 6.07) is 9.38. The fraction of sp³-hybridized carbons (Fsp3) is 0.389. The van der Waals surface area contributed by atoms with Crippen LogP contribution in [0.4, 0.5) is 0 Å². The second kappa shape index (κ2) is 8.54. The van der Waals surface area contributed by atoms with Crippen LogP contribution in [-0.4, -0.2) is 48.0 Å². The van der Waals surface area contributed by atoms with Crippen LogP contribution in [0, 0.1) is 0 Å². The second-order valence-electron chi connectivity index (χ2n) is 6.13.